The summed E-state index contributed by atoms with van der Waals surface area (Å²) in [5.41, 5.74) is 2.80. The second-order valence-corrected chi connectivity index (χ2v) is 7.55. The van der Waals surface area contributed by atoms with E-state index in [1.165, 1.54) is 6.26 Å². The van der Waals surface area contributed by atoms with Crippen molar-refractivity contribution in [1.82, 2.24) is 5.43 Å². The Labute approximate surface area is 110 Å². The molecule has 0 saturated heterocycles. The minimum Gasteiger partial charge on any atom is -0.378 e. The fourth-order valence-corrected chi connectivity index (χ4v) is 3.19. The molecule has 0 spiro atoms. The van der Waals surface area contributed by atoms with E-state index >= 15 is 0 Å². The van der Waals surface area contributed by atoms with E-state index in [9.17, 15) is 8.42 Å². The maximum absolute atomic E-state index is 11.0. The Balaban J connectivity index is 2.15. The fourth-order valence-electron chi connectivity index (χ4n) is 2.50. The highest BCUT2D eigenvalue weighted by atomic mass is 32.2. The molecule has 0 amide bonds. The van der Waals surface area contributed by atoms with Gasteiger partial charge in [0.05, 0.1) is 6.10 Å². The average Bonchev–Trinajstić information content (AvgIpc) is 2.22. The maximum Gasteiger partial charge on any atom is 0.147 e. The molecule has 0 aromatic carbocycles. The Bertz CT molecular complexity index is 326. The fraction of sp³-hybridized carbons (Fsp3) is 1.00. The minimum atomic E-state index is -2.85. The lowest BCUT2D eigenvalue weighted by Crippen LogP contribution is -2.41. The highest BCUT2D eigenvalue weighted by Gasteiger charge is 2.31. The molecule has 1 aliphatic carbocycles. The van der Waals surface area contributed by atoms with E-state index in [4.69, 9.17) is 10.6 Å². The van der Waals surface area contributed by atoms with Gasteiger partial charge in [0.2, 0.25) is 0 Å². The van der Waals surface area contributed by atoms with Gasteiger partial charge in [0, 0.05) is 24.7 Å². The lowest BCUT2D eigenvalue weighted by molar-refractivity contribution is -0.0292. The van der Waals surface area contributed by atoms with Crippen LogP contribution in [-0.2, 0) is 14.6 Å². The lowest BCUT2D eigenvalue weighted by atomic mass is 9.77. The third kappa shape index (κ3) is 6.13. The van der Waals surface area contributed by atoms with Crippen molar-refractivity contribution in [1.29, 1.82) is 0 Å². The molecule has 0 bridgehead atoms. The summed E-state index contributed by atoms with van der Waals surface area (Å²) >= 11 is 0. The highest BCUT2D eigenvalue weighted by Crippen LogP contribution is 2.34. The molecule has 1 saturated carbocycles. The topological polar surface area (TPSA) is 81.4 Å². The number of rotatable bonds is 9. The SMILES string of the molecule is CCOC1CC(CC(CCCS(C)(=O)=O)NN)C1. The molecular weight excluding hydrogens is 252 g/mol. The predicted molar refractivity (Wildman–Crippen MR) is 72.8 cm³/mol. The van der Waals surface area contributed by atoms with Gasteiger partial charge >= 0.3 is 0 Å². The highest BCUT2D eigenvalue weighted by molar-refractivity contribution is 7.90. The number of hydrazine groups is 1. The van der Waals surface area contributed by atoms with Crippen LogP contribution >= 0.6 is 0 Å². The quantitative estimate of drug-likeness (QED) is 0.483. The second-order valence-electron chi connectivity index (χ2n) is 5.29. The van der Waals surface area contributed by atoms with E-state index in [2.05, 4.69) is 5.43 Å². The molecule has 3 N–H and O–H groups in total. The van der Waals surface area contributed by atoms with Gasteiger partial charge in [-0.2, -0.15) is 0 Å². The number of hydrogen-bond donors (Lipinski definition) is 2. The van der Waals surface area contributed by atoms with Gasteiger partial charge in [0.1, 0.15) is 9.84 Å². The van der Waals surface area contributed by atoms with Crippen molar-refractivity contribution in [3.05, 3.63) is 0 Å². The first-order valence-electron chi connectivity index (χ1n) is 6.70. The molecule has 1 fully saturated rings. The monoisotopic (exact) mass is 278 g/mol. The summed E-state index contributed by atoms with van der Waals surface area (Å²) in [7, 11) is -2.85. The Morgan fingerprint density at radius 1 is 1.44 bits per heavy atom. The molecule has 1 atom stereocenters. The van der Waals surface area contributed by atoms with E-state index in [1.54, 1.807) is 0 Å². The molecule has 1 aliphatic rings. The number of sulfone groups is 1. The third-order valence-corrected chi connectivity index (χ3v) is 4.55. The molecule has 0 aliphatic heterocycles. The van der Waals surface area contributed by atoms with Crippen LogP contribution in [0.2, 0.25) is 0 Å². The number of nitrogens with two attached hydrogens (primary N) is 1. The van der Waals surface area contributed by atoms with Crippen molar-refractivity contribution >= 4 is 9.84 Å². The average molecular weight is 278 g/mol. The minimum absolute atomic E-state index is 0.222. The number of hydrogen-bond acceptors (Lipinski definition) is 5. The summed E-state index contributed by atoms with van der Waals surface area (Å²) in [5, 5.41) is 0. The zero-order chi connectivity index (χ0) is 13.6. The van der Waals surface area contributed by atoms with E-state index in [0.29, 0.717) is 18.4 Å². The summed E-state index contributed by atoms with van der Waals surface area (Å²) in [6, 6.07) is 0.222. The van der Waals surface area contributed by atoms with Crippen molar-refractivity contribution in [2.24, 2.45) is 11.8 Å². The lowest BCUT2D eigenvalue weighted by Gasteiger charge is -2.36. The van der Waals surface area contributed by atoms with Crippen LogP contribution in [0.5, 0.6) is 0 Å². The first-order valence-corrected chi connectivity index (χ1v) is 8.76. The van der Waals surface area contributed by atoms with E-state index in [-0.39, 0.29) is 11.8 Å². The van der Waals surface area contributed by atoms with E-state index < -0.39 is 9.84 Å². The van der Waals surface area contributed by atoms with Crippen LogP contribution < -0.4 is 11.3 Å². The Kier molecular flexibility index (Phi) is 6.55. The largest absolute Gasteiger partial charge is 0.378 e. The first-order chi connectivity index (χ1) is 8.44. The van der Waals surface area contributed by atoms with Crippen LogP contribution in [0.4, 0.5) is 0 Å². The first kappa shape index (κ1) is 15.9. The standard InChI is InChI=1S/C12H26N2O3S/c1-3-17-12-8-10(9-12)7-11(14-13)5-4-6-18(2,15)16/h10-12,14H,3-9,13H2,1-2H3. The Morgan fingerprint density at radius 3 is 2.61 bits per heavy atom. The molecular formula is C12H26N2O3S. The zero-order valence-electron chi connectivity index (χ0n) is 11.4. The molecule has 0 heterocycles. The van der Waals surface area contributed by atoms with E-state index in [0.717, 1.165) is 32.3 Å². The van der Waals surface area contributed by atoms with Gasteiger partial charge in [-0.1, -0.05) is 0 Å². The van der Waals surface area contributed by atoms with Gasteiger partial charge in [-0.15, -0.1) is 0 Å². The molecule has 108 valence electrons. The van der Waals surface area contributed by atoms with Gasteiger partial charge in [-0.25, -0.2) is 8.42 Å². The van der Waals surface area contributed by atoms with Gasteiger partial charge in [0.25, 0.3) is 0 Å². The molecule has 5 nitrogen and oxygen atoms in total. The van der Waals surface area contributed by atoms with Crippen LogP contribution in [-0.4, -0.2) is 39.2 Å². The zero-order valence-corrected chi connectivity index (χ0v) is 12.2. The van der Waals surface area contributed by atoms with Crippen molar-refractivity contribution in [2.45, 2.75) is 51.2 Å². The van der Waals surface area contributed by atoms with Crippen LogP contribution in [0.15, 0.2) is 0 Å². The molecule has 1 rings (SSSR count). The Hall–Kier alpha value is -0.170. The van der Waals surface area contributed by atoms with Gasteiger partial charge < -0.3 is 4.74 Å². The summed E-state index contributed by atoms with van der Waals surface area (Å²) in [4.78, 5) is 0. The van der Waals surface area contributed by atoms with Crippen molar-refractivity contribution in [2.75, 3.05) is 18.6 Å². The molecule has 0 radical (unpaired) electrons. The summed E-state index contributed by atoms with van der Waals surface area (Å²) in [5.74, 6) is 6.43. The van der Waals surface area contributed by atoms with Crippen molar-refractivity contribution < 1.29 is 13.2 Å². The van der Waals surface area contributed by atoms with Gasteiger partial charge in [-0.3, -0.25) is 11.3 Å². The maximum atomic E-state index is 11.0. The second kappa shape index (κ2) is 7.43. The molecule has 0 aromatic rings. The van der Waals surface area contributed by atoms with Crippen LogP contribution in [0, 0.1) is 5.92 Å². The third-order valence-electron chi connectivity index (χ3n) is 3.52. The van der Waals surface area contributed by atoms with Gasteiger partial charge in [0.15, 0.2) is 0 Å². The van der Waals surface area contributed by atoms with Crippen molar-refractivity contribution in [3.8, 4) is 0 Å². The van der Waals surface area contributed by atoms with Crippen LogP contribution in [0.1, 0.15) is 39.0 Å². The van der Waals surface area contributed by atoms with E-state index in [1.807, 2.05) is 6.92 Å². The smallest absolute Gasteiger partial charge is 0.147 e. The summed E-state index contributed by atoms with van der Waals surface area (Å²) in [6.07, 6.45) is 6.43. The summed E-state index contributed by atoms with van der Waals surface area (Å²) < 4.78 is 27.6. The number of ether oxygens (including phenoxy) is 1. The summed E-state index contributed by atoms with van der Waals surface area (Å²) in [6.45, 7) is 2.80. The normalized spacial score (nSPS) is 25.7. The van der Waals surface area contributed by atoms with Crippen molar-refractivity contribution in [3.63, 3.8) is 0 Å². The van der Waals surface area contributed by atoms with Crippen LogP contribution in [0.25, 0.3) is 0 Å². The molecule has 18 heavy (non-hydrogen) atoms. The van der Waals surface area contributed by atoms with Crippen LogP contribution in [0.3, 0.4) is 0 Å². The van der Waals surface area contributed by atoms with Gasteiger partial charge in [-0.05, 0) is 44.9 Å². The molecule has 6 heteroatoms. The number of nitrogens with one attached hydrogen (secondary N) is 1. The predicted octanol–water partition coefficient (Wildman–Crippen LogP) is 0.848. The molecule has 0 aromatic heterocycles. The molecule has 1 unspecified atom stereocenters. The Morgan fingerprint density at radius 2 is 2.11 bits per heavy atom.